The average Bonchev–Trinajstić information content (AvgIpc) is 0.779. The summed E-state index contributed by atoms with van der Waals surface area (Å²) in [6.07, 6.45) is 16.7. The SMILES string of the molecule is CCOC(=O)c1cnc(SC)nc1Cl.CCOC(=O)c1cnc(SC)nc1N.CCOC(=O)c1cnc(SC)nc1NC(=O)Nc1cccc(F)c1.COc1ccc(CCNc2ncc3c(=O)n(-c4cccc(F)c4)c(=O)[nH]c3n2)cc1OC.COc1ccc(CCNc2ncc3c(=O)n(-c4ccccc4)c(=O)[nH]c3n2)cc1OC.CSc1ncc2c(=O)n(-c3cccc(F)c3)c(=O)[nH]c2n1.N.O. The number of amides is 2. The number of halogens is 4. The lowest BCUT2D eigenvalue weighted by molar-refractivity contribution is 0.0516. The van der Waals surface area contributed by atoms with Gasteiger partial charge in [-0.15, -0.1) is 0 Å². The van der Waals surface area contributed by atoms with Crippen LogP contribution in [0.15, 0.2) is 226 Å². The molecule has 0 aliphatic rings. The van der Waals surface area contributed by atoms with E-state index in [1.165, 1.54) is 145 Å². The Balaban J connectivity index is 0.000000208. The Morgan fingerprint density at radius 3 is 1.22 bits per heavy atom. The van der Waals surface area contributed by atoms with Crippen LogP contribution < -0.4 is 85.8 Å². The van der Waals surface area contributed by atoms with Crippen LogP contribution in [0.25, 0.3) is 50.2 Å². The molecule has 0 spiro atoms. The fourth-order valence-electron chi connectivity index (χ4n) is 11.9. The topological polar surface area (TPSA) is 593 Å². The van der Waals surface area contributed by atoms with Gasteiger partial charge in [0.1, 0.15) is 61.3 Å². The maximum Gasteiger partial charge on any atom is 0.343 e. The number of aromatic amines is 3. The Hall–Kier alpha value is -15.7. The molecule has 15 rings (SSSR count). The van der Waals surface area contributed by atoms with Crippen molar-refractivity contribution in [2.45, 2.75) is 54.2 Å². The highest BCUT2D eigenvalue weighted by Crippen LogP contribution is 2.30. The number of ether oxygens (including phenoxy) is 7. The van der Waals surface area contributed by atoms with Gasteiger partial charge in [-0.25, -0.2) is 110 Å². The van der Waals surface area contributed by atoms with E-state index in [-0.39, 0.29) is 108 Å². The van der Waals surface area contributed by atoms with E-state index in [0.717, 1.165) is 37.0 Å². The van der Waals surface area contributed by atoms with Crippen LogP contribution in [0.5, 0.6) is 23.0 Å². The number of nitrogens with one attached hydrogen (secondary N) is 7. The van der Waals surface area contributed by atoms with Gasteiger partial charge >= 0.3 is 41.0 Å². The molecule has 15 aromatic rings. The van der Waals surface area contributed by atoms with E-state index in [1.807, 2.05) is 55.0 Å². The maximum atomic E-state index is 13.5. The zero-order valence-electron chi connectivity index (χ0n) is 75.3. The van der Waals surface area contributed by atoms with Crippen LogP contribution in [-0.4, -0.2) is 204 Å². The Kier molecular flexibility index (Phi) is 41.2. The standard InChI is InChI=1S/C22H20FN5O4.C22H21N5O4.C15H15FN4O3S.C13H9FN4O2S.C8H9ClN2O2S.C8H11N3O2S.H3N.H2O/c1-31-17-7-6-13(10-18(17)32-2)8-9-24-21-25-12-16-19(26-21)27-22(30)28(20(16)29)15-5-3-4-14(23)11-15;1-30-17-9-8-14(12-18(17)31-2)10-11-23-21-24-13-16-19(25-21)26-22(29)27(20(16)28)15-6-4-3-5-7-15;1-3-23-13(21)11-8-17-15(24-2)20-12(11)19-14(22)18-10-6-4-5-9(16)7-10;1-21-12-15-6-9-10(16-12)17-13(20)18(11(9)19)8-4-2-3-7(14)5-8;2*1-3-13-7(12)5-4-10-8(14-2)11-6(5)9;;/h3-7,10-12H,8-9H2,1-2H3,(H2,24,25,26,27,30);3-9,12-13H,10-11H2,1-2H3,(H2,23,24,25,26,29);4-8H,3H2,1-2H3,(H2,17,18,19,20,22);2-6H,1H3,(H,15,16,17,20);4H,3H2,1-2H3;4H,3H2,1-2H3,(H2,9,10,11);1H3;1H2. The molecule has 9 aromatic heterocycles. The predicted molar refractivity (Wildman–Crippen MR) is 519 cm³/mol. The summed E-state index contributed by atoms with van der Waals surface area (Å²) in [4.78, 5) is 178. The van der Waals surface area contributed by atoms with Crippen LogP contribution in [0.2, 0.25) is 5.15 Å². The molecule has 0 aliphatic carbocycles. The number of carbonyl (C=O) groups excluding carboxylic acids is 4. The van der Waals surface area contributed by atoms with Crippen molar-refractivity contribution in [3.63, 3.8) is 0 Å². The Morgan fingerprint density at radius 2 is 0.797 bits per heavy atom. The van der Waals surface area contributed by atoms with E-state index < -0.39 is 75.1 Å². The number of esters is 3. The monoisotopic (exact) mass is 1990 g/mol. The number of nitrogens with zero attached hydrogens (tertiary/aromatic N) is 15. The first-order valence-electron chi connectivity index (χ1n) is 40.2. The van der Waals surface area contributed by atoms with Crippen molar-refractivity contribution in [3.05, 3.63) is 290 Å². The number of anilines is 5. The Labute approximate surface area is 803 Å². The quantitative estimate of drug-likeness (QED) is 0.00759. The fraction of sp³-hybridized carbons (Fsp3) is 0.205. The van der Waals surface area contributed by atoms with Gasteiger partial charge in [-0.1, -0.05) is 107 Å². The zero-order valence-corrected chi connectivity index (χ0v) is 79.3. The summed E-state index contributed by atoms with van der Waals surface area (Å²) in [6, 6.07) is 35.3. The first-order valence-corrected chi connectivity index (χ1v) is 45.4. The molecule has 14 N–H and O–H groups in total. The van der Waals surface area contributed by atoms with E-state index in [4.69, 9.17) is 50.5 Å². The minimum absolute atomic E-state index is 0. The molecule has 9 heterocycles. The van der Waals surface area contributed by atoms with Crippen LogP contribution >= 0.6 is 58.6 Å². The number of benzene rings is 6. The van der Waals surface area contributed by atoms with Crippen LogP contribution in [0.4, 0.5) is 47.2 Å². The number of methoxy groups -OCH3 is 4. The minimum Gasteiger partial charge on any atom is -0.493 e. The molecule has 722 valence electrons. The summed E-state index contributed by atoms with van der Waals surface area (Å²) in [6.45, 7) is 6.96. The first kappa shape index (κ1) is 108. The van der Waals surface area contributed by atoms with Gasteiger partial charge in [-0.2, -0.15) is 9.97 Å². The normalized spacial score (nSPS) is 10.4. The lowest BCUT2D eigenvalue weighted by atomic mass is 10.1. The number of aromatic nitrogens is 18. The van der Waals surface area contributed by atoms with Crippen molar-refractivity contribution < 1.29 is 71.0 Å². The summed E-state index contributed by atoms with van der Waals surface area (Å²) in [5.74, 6) is 0.166. The smallest absolute Gasteiger partial charge is 0.343 e. The van der Waals surface area contributed by atoms with Gasteiger partial charge in [0.25, 0.3) is 16.7 Å². The molecule has 138 heavy (non-hydrogen) atoms. The Morgan fingerprint density at radius 1 is 0.420 bits per heavy atom. The first-order chi connectivity index (χ1) is 65.6. The number of carbonyl (C=O) groups is 4. The van der Waals surface area contributed by atoms with Gasteiger partial charge in [-0.05, 0) is 161 Å². The van der Waals surface area contributed by atoms with Crippen molar-refractivity contribution in [2.24, 2.45) is 0 Å². The molecule has 0 fully saturated rings. The molecule has 0 atom stereocenters. The summed E-state index contributed by atoms with van der Waals surface area (Å²) in [7, 11) is 6.34. The van der Waals surface area contributed by atoms with Crippen molar-refractivity contribution >= 4 is 145 Å². The maximum absolute atomic E-state index is 13.5. The molecule has 50 heteroatoms. The van der Waals surface area contributed by atoms with Crippen LogP contribution in [0.1, 0.15) is 63.0 Å². The number of H-pyrrole nitrogens is 3. The number of fused-ring (bicyclic) bond motifs is 3. The minimum atomic E-state index is -0.719. The van der Waals surface area contributed by atoms with Crippen molar-refractivity contribution in [1.29, 1.82) is 0 Å². The molecular weight excluding hydrogens is 1900 g/mol. The van der Waals surface area contributed by atoms with Crippen molar-refractivity contribution in [1.82, 2.24) is 94.6 Å². The van der Waals surface area contributed by atoms with Gasteiger partial charge < -0.3 is 66.5 Å². The van der Waals surface area contributed by atoms with Crippen LogP contribution in [0.3, 0.4) is 0 Å². The second kappa shape index (κ2) is 52.8. The van der Waals surface area contributed by atoms with Gasteiger partial charge in [0.2, 0.25) is 11.9 Å². The second-order valence-electron chi connectivity index (χ2n) is 26.9. The molecule has 0 radical (unpaired) electrons. The zero-order chi connectivity index (χ0) is 98.1. The van der Waals surface area contributed by atoms with E-state index in [0.29, 0.717) is 94.4 Å². The third kappa shape index (κ3) is 28.9. The number of nitrogens with two attached hydrogens (primary N) is 1. The average molecular weight is 1990 g/mol. The number of thioether (sulfide) groups is 4. The highest BCUT2D eigenvalue weighted by Gasteiger charge is 2.22. The molecule has 0 aliphatic heterocycles. The van der Waals surface area contributed by atoms with Gasteiger partial charge in [-0.3, -0.25) is 34.7 Å². The largest absolute Gasteiger partial charge is 0.493 e. The van der Waals surface area contributed by atoms with E-state index in [1.54, 1.807) is 86.0 Å². The molecular formula is C88H90ClF3N24O18S4. The van der Waals surface area contributed by atoms with E-state index in [9.17, 15) is 61.1 Å². The van der Waals surface area contributed by atoms with Crippen LogP contribution in [0, 0.1) is 17.5 Å². The third-order valence-electron chi connectivity index (χ3n) is 18.2. The molecule has 42 nitrogen and oxygen atoms in total. The molecule has 0 saturated carbocycles. The fourth-order valence-corrected chi connectivity index (χ4v) is 13.5. The highest BCUT2D eigenvalue weighted by atomic mass is 35.5. The predicted octanol–water partition coefficient (Wildman–Crippen LogP) is 11.2. The van der Waals surface area contributed by atoms with E-state index in [2.05, 4.69) is 96.0 Å². The van der Waals surface area contributed by atoms with Crippen molar-refractivity contribution in [2.75, 3.05) is 113 Å². The Bertz CT molecular complexity index is 7140. The number of nitrogen functional groups attached to an aromatic ring is 1. The molecule has 6 aromatic carbocycles. The molecule has 2 amide bonds. The van der Waals surface area contributed by atoms with Gasteiger partial charge in [0.05, 0.1) is 65.3 Å². The summed E-state index contributed by atoms with van der Waals surface area (Å²) in [5.41, 5.74) is 5.88. The molecule has 0 saturated heterocycles. The summed E-state index contributed by atoms with van der Waals surface area (Å²) >= 11 is 11.0. The number of para-hydroxylation sites is 1. The van der Waals surface area contributed by atoms with Crippen LogP contribution in [-0.2, 0) is 27.1 Å². The number of urea groups is 1. The highest BCUT2D eigenvalue weighted by molar-refractivity contribution is 7.99. The lowest BCUT2D eigenvalue weighted by Gasteiger charge is -2.11. The number of hydrogen-bond acceptors (Lipinski definition) is 37. The molecule has 0 unspecified atom stereocenters. The third-order valence-corrected chi connectivity index (χ3v) is 20.7. The summed E-state index contributed by atoms with van der Waals surface area (Å²) in [5, 5.41) is 13.6. The second-order valence-corrected chi connectivity index (χ2v) is 30.3. The summed E-state index contributed by atoms with van der Waals surface area (Å²) < 4.78 is 78.3. The van der Waals surface area contributed by atoms with Gasteiger partial charge in [0.15, 0.2) is 66.4 Å². The van der Waals surface area contributed by atoms with Crippen molar-refractivity contribution in [3.8, 4) is 40.1 Å². The lowest BCUT2D eigenvalue weighted by Crippen LogP contribution is -2.34. The number of hydrogen-bond donors (Lipinski definition) is 9. The molecule has 0 bridgehead atoms. The van der Waals surface area contributed by atoms with E-state index >= 15 is 0 Å². The number of rotatable bonds is 27. The van der Waals surface area contributed by atoms with Gasteiger partial charge in [0, 0.05) is 56.0 Å².